The van der Waals surface area contributed by atoms with Crippen LogP contribution in [0.25, 0.3) is 22.2 Å². The lowest BCUT2D eigenvalue weighted by atomic mass is 10.4. The molecule has 0 atom stereocenters. The Morgan fingerprint density at radius 1 is 1.19 bits per heavy atom. The van der Waals surface area contributed by atoms with Crippen molar-refractivity contribution in [2.24, 2.45) is 14.1 Å². The first-order chi connectivity index (χ1) is 12.3. The standard InChI is InChI=1S/C14H9N5O6S/c1-16-10-9(12(21)17(2)14(16)22)15-13-18(10)11(20)7(26-13)5-6-3-4-8(25-6)19(23)24/h3-5H,1-2H3. The van der Waals surface area contributed by atoms with Gasteiger partial charge in [0.15, 0.2) is 16.1 Å². The topological polar surface area (TPSA) is 135 Å². The summed E-state index contributed by atoms with van der Waals surface area (Å²) in [5.74, 6) is -0.311. The van der Waals surface area contributed by atoms with E-state index in [0.717, 1.165) is 15.9 Å². The SMILES string of the molecule is Cn1c(=O)c2nc3sc(=Cc4ccc([N+](=O)[O-])o4)c(=O)n3c2n(C)c1=O. The normalized spacial score (nSPS) is 12.5. The summed E-state index contributed by atoms with van der Waals surface area (Å²) in [6.07, 6.45) is 1.35. The monoisotopic (exact) mass is 375 g/mol. The lowest BCUT2D eigenvalue weighted by Crippen LogP contribution is -2.38. The molecule has 0 fully saturated rings. The molecule has 0 amide bonds. The molecule has 0 bridgehead atoms. The molecule has 0 aromatic carbocycles. The second-order valence-electron chi connectivity index (χ2n) is 5.46. The van der Waals surface area contributed by atoms with Crippen LogP contribution < -0.4 is 21.3 Å². The van der Waals surface area contributed by atoms with E-state index in [1.165, 1.54) is 41.3 Å². The molecule has 0 N–H and O–H groups in total. The van der Waals surface area contributed by atoms with E-state index in [1.807, 2.05) is 0 Å². The lowest BCUT2D eigenvalue weighted by molar-refractivity contribution is -0.402. The number of fused-ring (bicyclic) bond motifs is 3. The van der Waals surface area contributed by atoms with Crippen LogP contribution >= 0.6 is 11.3 Å². The molecule has 4 aromatic heterocycles. The third-order valence-electron chi connectivity index (χ3n) is 3.90. The highest BCUT2D eigenvalue weighted by Gasteiger charge is 2.19. The summed E-state index contributed by atoms with van der Waals surface area (Å²) in [4.78, 5) is 51.4. The number of furan rings is 1. The second kappa shape index (κ2) is 5.23. The van der Waals surface area contributed by atoms with Crippen LogP contribution in [0.2, 0.25) is 0 Å². The zero-order valence-electron chi connectivity index (χ0n) is 13.3. The van der Waals surface area contributed by atoms with Gasteiger partial charge in [0.2, 0.25) is 0 Å². The number of nitro groups is 1. The fourth-order valence-electron chi connectivity index (χ4n) is 2.65. The van der Waals surface area contributed by atoms with Crippen molar-refractivity contribution in [2.45, 2.75) is 0 Å². The number of rotatable bonds is 2. The third kappa shape index (κ3) is 2.05. The number of aryl methyl sites for hydroxylation is 1. The van der Waals surface area contributed by atoms with E-state index in [4.69, 9.17) is 4.42 Å². The Hall–Kier alpha value is -3.54. The largest absolute Gasteiger partial charge is 0.433 e. The third-order valence-corrected chi connectivity index (χ3v) is 4.87. The molecule has 0 aliphatic rings. The highest BCUT2D eigenvalue weighted by atomic mass is 32.1. The summed E-state index contributed by atoms with van der Waals surface area (Å²) in [6.45, 7) is 0. The molecule has 132 valence electrons. The quantitative estimate of drug-likeness (QED) is 0.336. The van der Waals surface area contributed by atoms with Crippen LogP contribution in [0.3, 0.4) is 0 Å². The predicted molar refractivity (Wildman–Crippen MR) is 91.5 cm³/mol. The number of hydrogen-bond donors (Lipinski definition) is 0. The number of imidazole rings is 1. The molecule has 0 spiro atoms. The van der Waals surface area contributed by atoms with Gasteiger partial charge in [0.1, 0.15) is 15.2 Å². The van der Waals surface area contributed by atoms with Crippen molar-refractivity contribution in [3.8, 4) is 0 Å². The van der Waals surface area contributed by atoms with Crippen molar-refractivity contribution in [1.82, 2.24) is 18.5 Å². The van der Waals surface area contributed by atoms with E-state index in [0.29, 0.717) is 0 Å². The summed E-state index contributed by atoms with van der Waals surface area (Å²) < 4.78 is 8.48. The van der Waals surface area contributed by atoms with Crippen molar-refractivity contribution in [2.75, 3.05) is 0 Å². The molecule has 4 aromatic rings. The molecule has 0 aliphatic heterocycles. The maximum Gasteiger partial charge on any atom is 0.433 e. The number of thiazole rings is 1. The molecule has 4 rings (SSSR count). The van der Waals surface area contributed by atoms with Crippen LogP contribution in [0, 0.1) is 10.1 Å². The Morgan fingerprint density at radius 3 is 2.58 bits per heavy atom. The molecular formula is C14H9N5O6S. The van der Waals surface area contributed by atoms with Crippen molar-refractivity contribution in [1.29, 1.82) is 0 Å². The van der Waals surface area contributed by atoms with Gasteiger partial charge in [-0.2, -0.15) is 0 Å². The average Bonchev–Trinajstić information content (AvgIpc) is 3.28. The van der Waals surface area contributed by atoms with Crippen molar-refractivity contribution < 1.29 is 9.34 Å². The van der Waals surface area contributed by atoms with Crippen LogP contribution in [0.4, 0.5) is 5.88 Å². The predicted octanol–water partition coefficient (Wildman–Crippen LogP) is -0.645. The van der Waals surface area contributed by atoms with E-state index in [-0.39, 0.29) is 26.4 Å². The summed E-state index contributed by atoms with van der Waals surface area (Å²) in [7, 11) is 2.77. The molecule has 12 heteroatoms. The minimum Gasteiger partial charge on any atom is -0.401 e. The Kier molecular flexibility index (Phi) is 3.21. The van der Waals surface area contributed by atoms with Crippen molar-refractivity contribution in [3.05, 3.63) is 63.7 Å². The van der Waals surface area contributed by atoms with Gasteiger partial charge in [-0.3, -0.25) is 28.8 Å². The van der Waals surface area contributed by atoms with Gasteiger partial charge in [-0.15, -0.1) is 0 Å². The Balaban J connectivity index is 2.06. The van der Waals surface area contributed by atoms with Gasteiger partial charge in [0.05, 0.1) is 6.07 Å². The minimum atomic E-state index is -0.685. The fraction of sp³-hybridized carbons (Fsp3) is 0.143. The van der Waals surface area contributed by atoms with Crippen molar-refractivity contribution in [3.63, 3.8) is 0 Å². The zero-order chi connectivity index (χ0) is 18.7. The van der Waals surface area contributed by atoms with Gasteiger partial charge in [-0.25, -0.2) is 14.2 Å². The van der Waals surface area contributed by atoms with Crippen LogP contribution in [-0.4, -0.2) is 23.4 Å². The maximum atomic E-state index is 12.7. The highest BCUT2D eigenvalue weighted by Crippen LogP contribution is 2.16. The number of hydrogen-bond acceptors (Lipinski definition) is 8. The van der Waals surface area contributed by atoms with Crippen molar-refractivity contribution >= 4 is 39.4 Å². The smallest absolute Gasteiger partial charge is 0.401 e. The van der Waals surface area contributed by atoms with Crippen LogP contribution in [-0.2, 0) is 14.1 Å². The van der Waals surface area contributed by atoms with Gasteiger partial charge in [0, 0.05) is 20.2 Å². The summed E-state index contributed by atoms with van der Waals surface area (Å²) >= 11 is 0.982. The first kappa shape index (κ1) is 16.0. The molecule has 26 heavy (non-hydrogen) atoms. The fourth-order valence-corrected chi connectivity index (χ4v) is 3.60. The van der Waals surface area contributed by atoms with E-state index < -0.39 is 27.6 Å². The van der Waals surface area contributed by atoms with Crippen LogP contribution in [0.5, 0.6) is 0 Å². The van der Waals surface area contributed by atoms with Gasteiger partial charge < -0.3 is 4.42 Å². The van der Waals surface area contributed by atoms with Gasteiger partial charge in [0.25, 0.3) is 11.1 Å². The van der Waals surface area contributed by atoms with Crippen LogP contribution in [0.1, 0.15) is 5.76 Å². The summed E-state index contributed by atoms with van der Waals surface area (Å²) in [6, 6.07) is 2.54. The minimum absolute atomic E-state index is 0.0122. The zero-order valence-corrected chi connectivity index (χ0v) is 14.1. The Morgan fingerprint density at radius 2 is 1.92 bits per heavy atom. The number of aromatic nitrogens is 4. The first-order valence-electron chi connectivity index (χ1n) is 7.16. The molecule has 0 saturated heterocycles. The Labute approximate surface area is 145 Å². The first-order valence-corrected chi connectivity index (χ1v) is 7.98. The van der Waals surface area contributed by atoms with Gasteiger partial charge in [-0.05, 0) is 6.07 Å². The van der Waals surface area contributed by atoms with Gasteiger partial charge >= 0.3 is 11.6 Å². The summed E-state index contributed by atoms with van der Waals surface area (Å²) in [5.41, 5.74) is -1.57. The van der Waals surface area contributed by atoms with Crippen LogP contribution in [0.15, 0.2) is 30.9 Å². The average molecular weight is 375 g/mol. The molecular weight excluding hydrogens is 366 g/mol. The Bertz CT molecular complexity index is 1450. The molecule has 0 saturated carbocycles. The van der Waals surface area contributed by atoms with E-state index in [2.05, 4.69) is 4.98 Å². The van der Waals surface area contributed by atoms with Gasteiger partial charge in [-0.1, -0.05) is 11.3 Å². The molecule has 0 radical (unpaired) electrons. The van der Waals surface area contributed by atoms with E-state index in [9.17, 15) is 24.5 Å². The van der Waals surface area contributed by atoms with E-state index in [1.54, 1.807) is 0 Å². The molecule has 0 unspecified atom stereocenters. The molecule has 4 heterocycles. The van der Waals surface area contributed by atoms with E-state index >= 15 is 0 Å². The number of nitrogens with zero attached hydrogens (tertiary/aromatic N) is 5. The lowest BCUT2D eigenvalue weighted by Gasteiger charge is -2.02. The highest BCUT2D eigenvalue weighted by molar-refractivity contribution is 7.15. The maximum absolute atomic E-state index is 12.7. The second-order valence-corrected chi connectivity index (χ2v) is 6.47. The summed E-state index contributed by atoms with van der Waals surface area (Å²) in [5, 5.41) is 10.7. The molecule has 0 aliphatic carbocycles. The molecule has 11 nitrogen and oxygen atoms in total.